The molecule has 228 valence electrons. The van der Waals surface area contributed by atoms with E-state index < -0.39 is 60.9 Å². The van der Waals surface area contributed by atoms with Crippen LogP contribution in [0, 0.1) is 0 Å². The number of nitrogens with zero attached hydrogens (tertiary/aromatic N) is 2. The van der Waals surface area contributed by atoms with Crippen LogP contribution in [0.3, 0.4) is 0 Å². The third kappa shape index (κ3) is 6.69. The zero-order valence-corrected chi connectivity index (χ0v) is 21.4. The first-order valence-electron chi connectivity index (χ1n) is 12.6. The minimum Gasteiger partial charge on any atom is -0.155 e. The largest absolute Gasteiger partial charge is 0.467 e. The predicted molar refractivity (Wildman–Crippen MR) is 133 cm³/mol. The Kier molecular flexibility index (Phi) is 8.62. The van der Waals surface area contributed by atoms with Gasteiger partial charge in [-0.15, -0.1) is 9.80 Å². The molecular weight excluding hydrogens is 592 g/mol. The van der Waals surface area contributed by atoms with E-state index in [1.54, 1.807) is 48.5 Å². The Balaban J connectivity index is 1.79. The fourth-order valence-corrected chi connectivity index (χ4v) is 5.24. The number of rotatable bonds is 8. The lowest BCUT2D eigenvalue weighted by molar-refractivity contribution is -0.374. The quantitative estimate of drug-likeness (QED) is 0.111. The molecule has 0 heterocycles. The molecule has 0 saturated carbocycles. The second-order valence-electron chi connectivity index (χ2n) is 9.61. The van der Waals surface area contributed by atoms with Crippen LogP contribution in [-0.4, -0.2) is 48.1 Å². The average molecular weight is 614 g/mol. The summed E-state index contributed by atoms with van der Waals surface area (Å²) in [7, 11) is 0. The molecule has 0 atom stereocenters. The molecule has 0 aliphatic rings. The van der Waals surface area contributed by atoms with Crippen molar-refractivity contribution in [3.63, 3.8) is 0 Å². The molecule has 14 heteroatoms. The van der Waals surface area contributed by atoms with Gasteiger partial charge in [0.25, 0.3) is 0 Å². The molecule has 0 bridgehead atoms. The topological polar surface area (TPSA) is 6.48 Å². The third-order valence-corrected chi connectivity index (χ3v) is 6.94. The molecule has 0 aliphatic carbocycles. The fraction of sp³-hybridized carbons (Fsp3) is 0.357. The van der Waals surface area contributed by atoms with Crippen LogP contribution in [0.4, 0.5) is 52.7 Å². The van der Waals surface area contributed by atoms with Gasteiger partial charge < -0.3 is 0 Å². The van der Waals surface area contributed by atoms with Crippen LogP contribution in [-0.2, 0) is 12.8 Å². The third-order valence-electron chi connectivity index (χ3n) is 6.94. The normalized spacial score (nSPS) is 13.8. The molecule has 0 radical (unpaired) electrons. The zero-order chi connectivity index (χ0) is 31.1. The van der Waals surface area contributed by atoms with E-state index in [9.17, 15) is 52.7 Å². The monoisotopic (exact) mass is 614 g/mol. The summed E-state index contributed by atoms with van der Waals surface area (Å²) in [5.74, 6) is 0. The minimum absolute atomic E-state index is 0.211. The minimum atomic E-state index is -5.65. The molecular formula is C28H22F12N2. The van der Waals surface area contributed by atoms with E-state index in [0.29, 0.717) is 43.4 Å². The molecule has 4 rings (SSSR count). The lowest BCUT2D eigenvalue weighted by atomic mass is 9.87. The van der Waals surface area contributed by atoms with Crippen LogP contribution in [0.5, 0.6) is 0 Å². The highest BCUT2D eigenvalue weighted by Crippen LogP contribution is 2.40. The van der Waals surface area contributed by atoms with Gasteiger partial charge in [-0.3, -0.25) is 0 Å². The SMILES string of the molecule is FC(F)(F)N(CCCc1ccc(CCCN(C(F)(F)F)C(F)(F)F)c2c3ccccc3c3ccccc3c12)C(F)(F)F. The molecule has 2 nitrogen and oxygen atoms in total. The number of hydrogen-bond acceptors (Lipinski definition) is 2. The summed E-state index contributed by atoms with van der Waals surface area (Å²) < 4.78 is 156. The van der Waals surface area contributed by atoms with Gasteiger partial charge in [-0.1, -0.05) is 60.7 Å². The summed E-state index contributed by atoms with van der Waals surface area (Å²) in [4.78, 5) is -3.03. The van der Waals surface area contributed by atoms with Crippen LogP contribution >= 0.6 is 0 Å². The van der Waals surface area contributed by atoms with Gasteiger partial charge in [0.15, 0.2) is 0 Å². The number of aryl methyl sites for hydroxylation is 2. The highest BCUT2D eigenvalue weighted by molar-refractivity contribution is 6.26. The molecule has 4 aromatic carbocycles. The van der Waals surface area contributed by atoms with Crippen LogP contribution in [0.15, 0.2) is 60.7 Å². The van der Waals surface area contributed by atoms with E-state index in [0.717, 1.165) is 0 Å². The number of halogens is 12. The highest BCUT2D eigenvalue weighted by atomic mass is 19.4. The summed E-state index contributed by atoms with van der Waals surface area (Å²) >= 11 is 0. The standard InChI is InChI=1S/C28H22F12N2/c29-25(30,31)41(26(32,33)34)15-5-7-17-13-14-18(8-6-16-42(27(35,36)37)28(38,39)40)24-22-12-4-2-10-20(22)19-9-1-3-11-21(19)23(17)24/h1-4,9-14H,5-8,15-16H2. The van der Waals surface area contributed by atoms with Crippen molar-refractivity contribution in [2.75, 3.05) is 13.1 Å². The number of benzene rings is 4. The van der Waals surface area contributed by atoms with Gasteiger partial charge in [0.1, 0.15) is 0 Å². The number of fused-ring (bicyclic) bond motifs is 6. The summed E-state index contributed by atoms with van der Waals surface area (Å²) in [5.41, 5.74) is 0.791. The molecule has 0 saturated heterocycles. The highest BCUT2D eigenvalue weighted by Gasteiger charge is 2.54. The van der Waals surface area contributed by atoms with Gasteiger partial charge in [-0.25, -0.2) is 0 Å². The molecule has 0 aromatic heterocycles. The van der Waals surface area contributed by atoms with Crippen LogP contribution in [0.2, 0.25) is 0 Å². The van der Waals surface area contributed by atoms with Crippen molar-refractivity contribution in [2.45, 2.75) is 50.9 Å². The maximum atomic E-state index is 13.0. The molecule has 0 N–H and O–H groups in total. The van der Waals surface area contributed by atoms with E-state index in [2.05, 4.69) is 0 Å². The van der Waals surface area contributed by atoms with Gasteiger partial charge in [-0.05, 0) is 69.1 Å². The van der Waals surface area contributed by atoms with Crippen molar-refractivity contribution in [2.24, 2.45) is 0 Å². The summed E-state index contributed by atoms with van der Waals surface area (Å²) in [6, 6.07) is 16.7. The Hall–Kier alpha value is -3.26. The Morgan fingerprint density at radius 1 is 0.405 bits per heavy atom. The second kappa shape index (κ2) is 11.4. The Morgan fingerprint density at radius 2 is 0.690 bits per heavy atom. The number of alkyl halides is 12. The summed E-state index contributed by atoms with van der Waals surface area (Å²) in [6.07, 6.45) is -24.1. The van der Waals surface area contributed by atoms with Crippen LogP contribution in [0.1, 0.15) is 24.0 Å². The zero-order valence-electron chi connectivity index (χ0n) is 21.4. The summed E-state index contributed by atoms with van der Waals surface area (Å²) in [5, 5.41) is 3.56. The molecule has 4 aromatic rings. The van der Waals surface area contributed by atoms with E-state index in [1.165, 1.54) is 12.1 Å². The number of hydrogen-bond donors (Lipinski definition) is 0. The van der Waals surface area contributed by atoms with Gasteiger partial charge in [0.05, 0.1) is 0 Å². The molecule has 0 fully saturated rings. The van der Waals surface area contributed by atoms with Crippen molar-refractivity contribution in [1.82, 2.24) is 9.80 Å². The van der Waals surface area contributed by atoms with Crippen molar-refractivity contribution < 1.29 is 52.7 Å². The van der Waals surface area contributed by atoms with Crippen molar-refractivity contribution in [3.8, 4) is 0 Å². The second-order valence-corrected chi connectivity index (χ2v) is 9.61. The molecule has 0 unspecified atom stereocenters. The van der Waals surface area contributed by atoms with Gasteiger partial charge in [0.2, 0.25) is 0 Å². The van der Waals surface area contributed by atoms with Crippen molar-refractivity contribution in [1.29, 1.82) is 0 Å². The van der Waals surface area contributed by atoms with E-state index in [-0.39, 0.29) is 12.8 Å². The smallest absolute Gasteiger partial charge is 0.155 e. The molecule has 0 amide bonds. The molecule has 0 aliphatic heterocycles. The molecule has 42 heavy (non-hydrogen) atoms. The fourth-order valence-electron chi connectivity index (χ4n) is 5.24. The Bertz CT molecular complexity index is 1410. The lowest BCUT2D eigenvalue weighted by Crippen LogP contribution is -2.48. The summed E-state index contributed by atoms with van der Waals surface area (Å²) in [6.45, 7) is -2.74. The first-order valence-corrected chi connectivity index (χ1v) is 12.6. The van der Waals surface area contributed by atoms with Gasteiger partial charge in [0, 0.05) is 13.1 Å². The Morgan fingerprint density at radius 3 is 0.976 bits per heavy atom. The maximum Gasteiger partial charge on any atom is 0.467 e. The van der Waals surface area contributed by atoms with Crippen LogP contribution in [0.25, 0.3) is 32.3 Å². The average Bonchev–Trinajstić information content (AvgIpc) is 2.86. The molecule has 0 spiro atoms. The van der Waals surface area contributed by atoms with Crippen molar-refractivity contribution in [3.05, 3.63) is 71.8 Å². The van der Waals surface area contributed by atoms with E-state index in [4.69, 9.17) is 0 Å². The van der Waals surface area contributed by atoms with E-state index in [1.807, 2.05) is 0 Å². The van der Waals surface area contributed by atoms with E-state index >= 15 is 0 Å². The first-order chi connectivity index (χ1) is 19.4. The van der Waals surface area contributed by atoms with Crippen LogP contribution < -0.4 is 0 Å². The lowest BCUT2D eigenvalue weighted by Gasteiger charge is -2.27. The maximum absolute atomic E-state index is 13.0. The van der Waals surface area contributed by atoms with Gasteiger partial charge in [-0.2, -0.15) is 52.7 Å². The van der Waals surface area contributed by atoms with Gasteiger partial charge >= 0.3 is 25.2 Å². The Labute approximate surface area is 231 Å². The first kappa shape index (κ1) is 31.7. The van der Waals surface area contributed by atoms with Crippen molar-refractivity contribution >= 4 is 32.3 Å². The predicted octanol–water partition coefficient (Wildman–Crippen LogP) is 9.69.